The van der Waals surface area contributed by atoms with Gasteiger partial charge >= 0.3 is 0 Å². The first-order chi connectivity index (χ1) is 12.6. The van der Waals surface area contributed by atoms with Gasteiger partial charge in [-0.05, 0) is 60.2 Å². The van der Waals surface area contributed by atoms with Gasteiger partial charge in [0.1, 0.15) is 5.69 Å². The Kier molecular flexibility index (Phi) is 5.46. The standard InChI is InChI=1S/C23H28N2O/c1-6-16-13-19(14-17(7-2)21(16)8-3)23-15-22(24-26-23)18-9-11-20(12-10-18)25(4)5/h9-15H,6-8H2,1-5H3. The predicted octanol–water partition coefficient (Wildman–Crippen LogP) is 5.76. The molecule has 0 radical (unpaired) electrons. The highest BCUT2D eigenvalue weighted by Crippen LogP contribution is 2.30. The van der Waals surface area contributed by atoms with Gasteiger partial charge in [-0.15, -0.1) is 0 Å². The van der Waals surface area contributed by atoms with Crippen LogP contribution in [0.1, 0.15) is 37.5 Å². The fraction of sp³-hybridized carbons (Fsp3) is 0.348. The number of hydrogen-bond acceptors (Lipinski definition) is 3. The van der Waals surface area contributed by atoms with Gasteiger partial charge < -0.3 is 9.42 Å². The molecular formula is C23H28N2O. The van der Waals surface area contributed by atoms with Gasteiger partial charge in [0.25, 0.3) is 0 Å². The molecule has 0 amide bonds. The van der Waals surface area contributed by atoms with E-state index >= 15 is 0 Å². The first-order valence-electron chi connectivity index (χ1n) is 9.46. The van der Waals surface area contributed by atoms with Crippen molar-refractivity contribution in [2.24, 2.45) is 0 Å². The lowest BCUT2D eigenvalue weighted by atomic mass is 9.92. The molecule has 0 aliphatic carbocycles. The van der Waals surface area contributed by atoms with Crippen molar-refractivity contribution in [1.82, 2.24) is 5.16 Å². The van der Waals surface area contributed by atoms with Crippen LogP contribution < -0.4 is 4.90 Å². The minimum atomic E-state index is 0.837. The summed E-state index contributed by atoms with van der Waals surface area (Å²) in [6.07, 6.45) is 3.15. The van der Waals surface area contributed by atoms with Crippen molar-refractivity contribution in [1.29, 1.82) is 0 Å². The third kappa shape index (κ3) is 3.52. The molecule has 0 N–H and O–H groups in total. The zero-order valence-corrected chi connectivity index (χ0v) is 16.5. The van der Waals surface area contributed by atoms with E-state index < -0.39 is 0 Å². The molecule has 0 aliphatic heterocycles. The largest absolute Gasteiger partial charge is 0.378 e. The smallest absolute Gasteiger partial charge is 0.167 e. The molecule has 3 aromatic rings. The summed E-state index contributed by atoms with van der Waals surface area (Å²) < 4.78 is 5.69. The molecule has 3 rings (SSSR count). The Morgan fingerprint density at radius 2 is 1.42 bits per heavy atom. The maximum absolute atomic E-state index is 5.69. The third-order valence-electron chi connectivity index (χ3n) is 5.02. The molecule has 1 heterocycles. The Bertz CT molecular complexity index is 850. The summed E-state index contributed by atoms with van der Waals surface area (Å²) >= 11 is 0. The van der Waals surface area contributed by atoms with Gasteiger partial charge in [-0.3, -0.25) is 0 Å². The molecule has 136 valence electrons. The van der Waals surface area contributed by atoms with Crippen LogP contribution in [0.15, 0.2) is 47.0 Å². The summed E-state index contributed by atoms with van der Waals surface area (Å²) in [4.78, 5) is 2.09. The second kappa shape index (κ2) is 7.77. The lowest BCUT2D eigenvalue weighted by Crippen LogP contribution is -2.07. The molecule has 0 atom stereocenters. The van der Waals surface area contributed by atoms with Crippen molar-refractivity contribution in [3.8, 4) is 22.6 Å². The number of hydrogen-bond donors (Lipinski definition) is 0. The first kappa shape index (κ1) is 18.2. The van der Waals surface area contributed by atoms with Crippen molar-refractivity contribution in [2.45, 2.75) is 40.0 Å². The highest BCUT2D eigenvalue weighted by atomic mass is 16.5. The SMILES string of the molecule is CCc1cc(-c2cc(-c3ccc(N(C)C)cc3)no2)cc(CC)c1CC. The number of nitrogens with zero attached hydrogens (tertiary/aromatic N) is 2. The Morgan fingerprint density at radius 3 is 1.92 bits per heavy atom. The first-order valence-corrected chi connectivity index (χ1v) is 9.46. The second-order valence-corrected chi connectivity index (χ2v) is 6.85. The summed E-state index contributed by atoms with van der Waals surface area (Å²) in [5.74, 6) is 0.837. The average molecular weight is 348 g/mol. The van der Waals surface area contributed by atoms with Crippen LogP contribution in [0.2, 0.25) is 0 Å². The number of aryl methyl sites for hydroxylation is 2. The van der Waals surface area contributed by atoms with E-state index in [2.05, 4.69) is 67.2 Å². The minimum absolute atomic E-state index is 0.837. The van der Waals surface area contributed by atoms with Crippen molar-refractivity contribution >= 4 is 5.69 Å². The Morgan fingerprint density at radius 1 is 0.808 bits per heavy atom. The van der Waals surface area contributed by atoms with Crippen LogP contribution >= 0.6 is 0 Å². The topological polar surface area (TPSA) is 29.3 Å². The predicted molar refractivity (Wildman–Crippen MR) is 110 cm³/mol. The molecule has 1 aromatic heterocycles. The number of benzene rings is 2. The second-order valence-electron chi connectivity index (χ2n) is 6.85. The van der Waals surface area contributed by atoms with E-state index in [4.69, 9.17) is 4.52 Å². The lowest BCUT2D eigenvalue weighted by molar-refractivity contribution is 0.435. The van der Waals surface area contributed by atoms with Crippen molar-refractivity contribution in [2.75, 3.05) is 19.0 Å². The molecule has 0 unspecified atom stereocenters. The molecule has 0 aliphatic rings. The monoisotopic (exact) mass is 348 g/mol. The van der Waals surface area contributed by atoms with E-state index in [0.29, 0.717) is 0 Å². The molecule has 0 fully saturated rings. The fourth-order valence-electron chi connectivity index (χ4n) is 3.50. The van der Waals surface area contributed by atoms with Crippen LogP contribution in [-0.2, 0) is 19.3 Å². The quantitative estimate of drug-likeness (QED) is 0.567. The molecule has 3 heteroatoms. The van der Waals surface area contributed by atoms with E-state index in [1.54, 1.807) is 0 Å². The molecule has 2 aromatic carbocycles. The van der Waals surface area contributed by atoms with Crippen LogP contribution in [0.25, 0.3) is 22.6 Å². The van der Waals surface area contributed by atoms with Crippen molar-refractivity contribution < 1.29 is 4.52 Å². The number of anilines is 1. The maximum Gasteiger partial charge on any atom is 0.167 e. The Balaban J connectivity index is 1.97. The summed E-state index contributed by atoms with van der Waals surface area (Å²) in [5, 5.41) is 4.30. The minimum Gasteiger partial charge on any atom is -0.378 e. The fourth-order valence-corrected chi connectivity index (χ4v) is 3.50. The molecule has 0 spiro atoms. The van der Waals surface area contributed by atoms with E-state index in [-0.39, 0.29) is 0 Å². The summed E-state index contributed by atoms with van der Waals surface area (Å²) in [7, 11) is 4.08. The number of aromatic nitrogens is 1. The van der Waals surface area contributed by atoms with Gasteiger partial charge in [-0.2, -0.15) is 0 Å². The Labute approximate surface area is 156 Å². The van der Waals surface area contributed by atoms with Gasteiger partial charge in [-0.25, -0.2) is 0 Å². The van der Waals surface area contributed by atoms with E-state index in [1.165, 1.54) is 22.4 Å². The lowest BCUT2D eigenvalue weighted by Gasteiger charge is -2.13. The molecule has 26 heavy (non-hydrogen) atoms. The van der Waals surface area contributed by atoms with Gasteiger partial charge in [0, 0.05) is 37.0 Å². The molecule has 0 saturated heterocycles. The number of rotatable bonds is 6. The van der Waals surface area contributed by atoms with Crippen LogP contribution in [0, 0.1) is 0 Å². The average Bonchev–Trinajstić information content (AvgIpc) is 3.17. The zero-order valence-electron chi connectivity index (χ0n) is 16.5. The van der Waals surface area contributed by atoms with Crippen LogP contribution in [0.4, 0.5) is 5.69 Å². The molecular weight excluding hydrogens is 320 g/mol. The highest BCUT2D eigenvalue weighted by Gasteiger charge is 2.13. The molecule has 0 bridgehead atoms. The van der Waals surface area contributed by atoms with Crippen molar-refractivity contribution in [3.05, 3.63) is 59.2 Å². The summed E-state index contributed by atoms with van der Waals surface area (Å²) in [6.45, 7) is 6.67. The zero-order chi connectivity index (χ0) is 18.7. The van der Waals surface area contributed by atoms with Gasteiger partial charge in [-0.1, -0.05) is 38.1 Å². The highest BCUT2D eigenvalue weighted by molar-refractivity contribution is 5.69. The summed E-state index contributed by atoms with van der Waals surface area (Å²) in [5.41, 5.74) is 8.55. The van der Waals surface area contributed by atoms with Gasteiger partial charge in [0.05, 0.1) is 0 Å². The normalized spacial score (nSPS) is 11.0. The van der Waals surface area contributed by atoms with Crippen LogP contribution in [-0.4, -0.2) is 19.3 Å². The maximum atomic E-state index is 5.69. The van der Waals surface area contributed by atoms with Gasteiger partial charge in [0.15, 0.2) is 5.76 Å². The van der Waals surface area contributed by atoms with Crippen molar-refractivity contribution in [3.63, 3.8) is 0 Å². The molecule has 0 saturated carbocycles. The van der Waals surface area contributed by atoms with E-state index in [0.717, 1.165) is 41.8 Å². The van der Waals surface area contributed by atoms with E-state index in [1.807, 2.05) is 20.2 Å². The third-order valence-corrected chi connectivity index (χ3v) is 5.02. The van der Waals surface area contributed by atoms with Crippen LogP contribution in [0.5, 0.6) is 0 Å². The summed E-state index contributed by atoms with van der Waals surface area (Å²) in [6, 6.07) is 15.0. The van der Waals surface area contributed by atoms with Crippen LogP contribution in [0.3, 0.4) is 0 Å². The van der Waals surface area contributed by atoms with Gasteiger partial charge in [0.2, 0.25) is 0 Å². The van der Waals surface area contributed by atoms with E-state index in [9.17, 15) is 0 Å². The molecule has 3 nitrogen and oxygen atoms in total. The Hall–Kier alpha value is -2.55.